The molecule has 0 spiro atoms. The number of fused-ring (bicyclic) bond motifs is 5. The average Bonchev–Trinajstić information content (AvgIpc) is 2.99. The summed E-state index contributed by atoms with van der Waals surface area (Å²) in [5.41, 5.74) is 1.19. The second-order valence-corrected chi connectivity index (χ2v) is 10.6. The molecule has 0 radical (unpaired) electrons. The van der Waals surface area contributed by atoms with Gasteiger partial charge in [-0.05, 0) is 91.8 Å². The molecule has 0 amide bonds. The number of hydrogen-bond acceptors (Lipinski definition) is 2. The van der Waals surface area contributed by atoms with Crippen LogP contribution in [0, 0.1) is 40.4 Å². The van der Waals surface area contributed by atoms with Crippen molar-refractivity contribution in [2.75, 3.05) is 19.8 Å². The number of ether oxygens (including phenoxy) is 2. The molecule has 5 rings (SSSR count). The fourth-order valence-electron chi connectivity index (χ4n) is 8.68. The summed E-state index contributed by atoms with van der Waals surface area (Å²) in [6.45, 7) is 7.79. The molecule has 5 aliphatic rings. The Balaban J connectivity index is 1.39. The van der Waals surface area contributed by atoms with Crippen LogP contribution in [0.2, 0.25) is 0 Å². The number of rotatable bonds is 1. The van der Waals surface area contributed by atoms with Gasteiger partial charge in [0, 0.05) is 0 Å². The van der Waals surface area contributed by atoms with E-state index in [1.165, 1.54) is 64.2 Å². The maximum absolute atomic E-state index is 6.19. The molecular weight excluding hydrogens is 308 g/mol. The molecule has 0 aromatic carbocycles. The minimum atomic E-state index is 0.377. The van der Waals surface area contributed by atoms with Crippen LogP contribution in [-0.4, -0.2) is 25.9 Å². The van der Waals surface area contributed by atoms with Gasteiger partial charge < -0.3 is 9.47 Å². The van der Waals surface area contributed by atoms with Crippen molar-refractivity contribution in [3.05, 3.63) is 0 Å². The van der Waals surface area contributed by atoms with Gasteiger partial charge in [0.15, 0.2) is 0 Å². The van der Waals surface area contributed by atoms with Gasteiger partial charge in [0.2, 0.25) is 0 Å². The third-order valence-corrected chi connectivity index (χ3v) is 9.95. The Bertz CT molecular complexity index is 498. The van der Waals surface area contributed by atoms with E-state index in [1.54, 1.807) is 0 Å². The Morgan fingerprint density at radius 1 is 0.720 bits per heavy atom. The molecule has 0 N–H and O–H groups in total. The highest BCUT2D eigenvalue weighted by molar-refractivity contribution is 5.09. The fourth-order valence-corrected chi connectivity index (χ4v) is 8.68. The monoisotopic (exact) mass is 346 g/mol. The second-order valence-electron chi connectivity index (χ2n) is 10.6. The van der Waals surface area contributed by atoms with Crippen molar-refractivity contribution in [3.63, 3.8) is 0 Å². The van der Waals surface area contributed by atoms with Crippen LogP contribution in [-0.2, 0) is 9.47 Å². The van der Waals surface area contributed by atoms with Crippen LogP contribution < -0.4 is 0 Å². The van der Waals surface area contributed by atoms with Crippen molar-refractivity contribution < 1.29 is 9.47 Å². The first-order valence-electron chi connectivity index (χ1n) is 11.3. The molecule has 1 heterocycles. The van der Waals surface area contributed by atoms with E-state index in [0.29, 0.717) is 16.9 Å². The molecule has 4 saturated carbocycles. The van der Waals surface area contributed by atoms with E-state index in [0.717, 1.165) is 49.4 Å². The Morgan fingerprint density at radius 3 is 2.40 bits per heavy atom. The van der Waals surface area contributed by atoms with Crippen LogP contribution in [0.3, 0.4) is 0 Å². The van der Waals surface area contributed by atoms with Crippen LogP contribution in [0.5, 0.6) is 0 Å². The van der Waals surface area contributed by atoms with Gasteiger partial charge in [-0.1, -0.05) is 26.7 Å². The van der Waals surface area contributed by atoms with E-state index >= 15 is 0 Å². The van der Waals surface area contributed by atoms with Crippen LogP contribution in [0.4, 0.5) is 0 Å². The van der Waals surface area contributed by atoms with Crippen LogP contribution in [0.1, 0.15) is 78.1 Å². The van der Waals surface area contributed by atoms with Crippen molar-refractivity contribution in [2.45, 2.75) is 84.2 Å². The van der Waals surface area contributed by atoms with Gasteiger partial charge in [0.05, 0.1) is 25.9 Å². The van der Waals surface area contributed by atoms with E-state index in [9.17, 15) is 0 Å². The zero-order valence-electron chi connectivity index (χ0n) is 16.5. The first kappa shape index (κ1) is 17.0. The Morgan fingerprint density at radius 2 is 1.56 bits per heavy atom. The zero-order chi connectivity index (χ0) is 17.1. The van der Waals surface area contributed by atoms with Crippen molar-refractivity contribution in [2.24, 2.45) is 40.4 Å². The molecule has 5 fully saturated rings. The molecule has 2 heteroatoms. The Hall–Kier alpha value is -0.0800. The predicted molar refractivity (Wildman–Crippen MR) is 100 cm³/mol. The molecule has 1 aliphatic heterocycles. The second kappa shape index (κ2) is 6.23. The smallest absolute Gasteiger partial charge is 0.0843 e. The molecule has 0 aromatic rings. The predicted octanol–water partition coefficient (Wildman–Crippen LogP) is 5.45. The van der Waals surface area contributed by atoms with Gasteiger partial charge in [0.1, 0.15) is 0 Å². The summed E-state index contributed by atoms with van der Waals surface area (Å²) in [4.78, 5) is 0. The molecule has 25 heavy (non-hydrogen) atoms. The minimum absolute atomic E-state index is 0.377. The molecule has 8 atom stereocenters. The summed E-state index contributed by atoms with van der Waals surface area (Å²) >= 11 is 0. The van der Waals surface area contributed by atoms with Crippen molar-refractivity contribution in [1.29, 1.82) is 0 Å². The Kier molecular flexibility index (Phi) is 4.25. The molecule has 4 aliphatic carbocycles. The van der Waals surface area contributed by atoms with E-state index in [4.69, 9.17) is 9.47 Å². The van der Waals surface area contributed by atoms with E-state index in [-0.39, 0.29) is 0 Å². The van der Waals surface area contributed by atoms with Crippen molar-refractivity contribution in [1.82, 2.24) is 0 Å². The van der Waals surface area contributed by atoms with Crippen LogP contribution in [0.25, 0.3) is 0 Å². The highest BCUT2D eigenvalue weighted by atomic mass is 16.6. The lowest BCUT2D eigenvalue weighted by Gasteiger charge is -2.61. The Labute approximate surface area is 154 Å². The summed E-state index contributed by atoms with van der Waals surface area (Å²) in [6, 6.07) is 0. The third-order valence-electron chi connectivity index (χ3n) is 9.95. The SMILES string of the molecule is C[C@]12CC[C@H]3[C@@H](CCC4CCCC[C@@]43C)[C@@H]1CC[C@@H]2C1COCCO1. The van der Waals surface area contributed by atoms with E-state index < -0.39 is 0 Å². The lowest BCUT2D eigenvalue weighted by atomic mass is 9.45. The summed E-state index contributed by atoms with van der Waals surface area (Å²) < 4.78 is 12.0. The maximum Gasteiger partial charge on any atom is 0.0843 e. The summed E-state index contributed by atoms with van der Waals surface area (Å²) in [7, 11) is 0. The maximum atomic E-state index is 6.19. The largest absolute Gasteiger partial charge is 0.376 e. The van der Waals surface area contributed by atoms with Gasteiger partial charge >= 0.3 is 0 Å². The molecule has 0 aromatic heterocycles. The molecule has 2 nitrogen and oxygen atoms in total. The molecule has 0 bridgehead atoms. The highest BCUT2D eigenvalue weighted by Gasteiger charge is 2.60. The van der Waals surface area contributed by atoms with Gasteiger partial charge in [-0.2, -0.15) is 0 Å². The normalized spacial score (nSPS) is 55.9. The first-order chi connectivity index (χ1) is 12.1. The van der Waals surface area contributed by atoms with Crippen LogP contribution >= 0.6 is 0 Å². The molecule has 2 unspecified atom stereocenters. The average molecular weight is 347 g/mol. The fraction of sp³-hybridized carbons (Fsp3) is 1.00. The molecule has 142 valence electrons. The van der Waals surface area contributed by atoms with Gasteiger partial charge in [-0.25, -0.2) is 0 Å². The van der Waals surface area contributed by atoms with Gasteiger partial charge in [-0.3, -0.25) is 0 Å². The zero-order valence-corrected chi connectivity index (χ0v) is 16.5. The lowest BCUT2D eigenvalue weighted by Crippen LogP contribution is -2.54. The summed E-state index contributed by atoms with van der Waals surface area (Å²) in [5.74, 6) is 4.77. The highest BCUT2D eigenvalue weighted by Crippen LogP contribution is 2.67. The molecule has 1 saturated heterocycles. The summed E-state index contributed by atoms with van der Waals surface area (Å²) in [5, 5.41) is 0. The third kappa shape index (κ3) is 2.49. The summed E-state index contributed by atoms with van der Waals surface area (Å²) in [6.07, 6.45) is 15.3. The standard InChI is InChI=1S/C23H38O2/c1-22-11-4-3-5-16(22)6-7-17-18-8-9-20(21-15-24-13-14-25-21)23(18,2)12-10-19(17)22/h16-21H,3-15H2,1-2H3/t16?,17-,18-,19-,20+,21?,22-,23-/m0/s1. The lowest BCUT2D eigenvalue weighted by molar-refractivity contribution is -0.154. The van der Waals surface area contributed by atoms with E-state index in [2.05, 4.69) is 13.8 Å². The van der Waals surface area contributed by atoms with Gasteiger partial charge in [-0.15, -0.1) is 0 Å². The topological polar surface area (TPSA) is 18.5 Å². The first-order valence-corrected chi connectivity index (χ1v) is 11.3. The van der Waals surface area contributed by atoms with Crippen molar-refractivity contribution >= 4 is 0 Å². The van der Waals surface area contributed by atoms with Gasteiger partial charge in [0.25, 0.3) is 0 Å². The van der Waals surface area contributed by atoms with Crippen LogP contribution in [0.15, 0.2) is 0 Å². The quantitative estimate of drug-likeness (QED) is 0.628. The number of hydrogen-bond donors (Lipinski definition) is 0. The van der Waals surface area contributed by atoms with Crippen molar-refractivity contribution in [3.8, 4) is 0 Å². The molecular formula is C23H38O2. The minimum Gasteiger partial charge on any atom is -0.376 e. The van der Waals surface area contributed by atoms with E-state index in [1.807, 2.05) is 0 Å².